The third-order valence-corrected chi connectivity index (χ3v) is 5.56. The number of nitrogens with zero attached hydrogens (tertiary/aromatic N) is 3. The van der Waals surface area contributed by atoms with Crippen molar-refractivity contribution in [3.63, 3.8) is 0 Å². The first-order valence-electron chi connectivity index (χ1n) is 9.94. The normalized spacial score (nSPS) is 13.4. The van der Waals surface area contributed by atoms with E-state index in [0.717, 1.165) is 42.7 Å². The zero-order chi connectivity index (χ0) is 20.8. The zero-order valence-electron chi connectivity index (χ0n) is 16.5. The molecule has 1 aliphatic heterocycles. The lowest BCUT2D eigenvalue weighted by atomic mass is 10.2. The van der Waals surface area contributed by atoms with Crippen LogP contribution in [0.1, 0.15) is 30.7 Å². The number of nitrogens with one attached hydrogen (secondary N) is 2. The molecular weight excluding hydrogens is 402 g/mol. The van der Waals surface area contributed by atoms with E-state index in [9.17, 15) is 9.59 Å². The van der Waals surface area contributed by atoms with Crippen LogP contribution in [0.3, 0.4) is 0 Å². The number of aromatic nitrogens is 2. The van der Waals surface area contributed by atoms with E-state index in [2.05, 4.69) is 20.8 Å². The maximum absolute atomic E-state index is 12.2. The summed E-state index contributed by atoms with van der Waals surface area (Å²) < 4.78 is 5.22. The Balaban J connectivity index is 1.23. The smallest absolute Gasteiger partial charge is 0.321 e. The second-order valence-electron chi connectivity index (χ2n) is 7.13. The number of hydrogen-bond donors (Lipinski definition) is 2. The SMILES string of the molecule is O=C(CCc1nc(-c2ccsc2)no1)NCc1cccc(NC(=O)N2CCCC2)c1. The first-order chi connectivity index (χ1) is 14.7. The summed E-state index contributed by atoms with van der Waals surface area (Å²) in [7, 11) is 0. The van der Waals surface area contributed by atoms with Crippen molar-refractivity contribution in [1.29, 1.82) is 0 Å². The van der Waals surface area contributed by atoms with Crippen molar-refractivity contribution in [2.45, 2.75) is 32.2 Å². The number of thiophene rings is 1. The summed E-state index contributed by atoms with van der Waals surface area (Å²) in [5, 5.41) is 13.6. The Bertz CT molecular complexity index is 996. The first kappa shape index (κ1) is 20.1. The molecule has 0 unspecified atom stereocenters. The average Bonchev–Trinajstić information content (AvgIpc) is 3.52. The van der Waals surface area contributed by atoms with Crippen LogP contribution in [0.5, 0.6) is 0 Å². The van der Waals surface area contributed by atoms with Gasteiger partial charge in [-0.05, 0) is 42.0 Å². The number of likely N-dealkylation sites (tertiary alicyclic amines) is 1. The molecule has 0 aliphatic carbocycles. The van der Waals surface area contributed by atoms with Gasteiger partial charge in [0.1, 0.15) is 0 Å². The second-order valence-corrected chi connectivity index (χ2v) is 7.91. The predicted molar refractivity (Wildman–Crippen MR) is 114 cm³/mol. The monoisotopic (exact) mass is 425 g/mol. The van der Waals surface area contributed by atoms with Crippen molar-refractivity contribution >= 4 is 29.0 Å². The van der Waals surface area contributed by atoms with Crippen LogP contribution in [0, 0.1) is 0 Å². The Hall–Kier alpha value is -3.20. The Kier molecular flexibility index (Phi) is 6.38. The molecule has 0 atom stereocenters. The van der Waals surface area contributed by atoms with Crippen molar-refractivity contribution in [2.24, 2.45) is 0 Å². The summed E-state index contributed by atoms with van der Waals surface area (Å²) in [6.45, 7) is 1.99. The van der Waals surface area contributed by atoms with E-state index >= 15 is 0 Å². The lowest BCUT2D eigenvalue weighted by molar-refractivity contribution is -0.121. The highest BCUT2D eigenvalue weighted by molar-refractivity contribution is 7.08. The van der Waals surface area contributed by atoms with E-state index in [-0.39, 0.29) is 18.4 Å². The summed E-state index contributed by atoms with van der Waals surface area (Å²) in [6.07, 6.45) is 2.75. The van der Waals surface area contributed by atoms with Crippen LogP contribution in [0.25, 0.3) is 11.4 Å². The summed E-state index contributed by atoms with van der Waals surface area (Å²) in [6, 6.07) is 9.35. The van der Waals surface area contributed by atoms with Gasteiger partial charge < -0.3 is 20.1 Å². The van der Waals surface area contributed by atoms with Gasteiger partial charge in [0.15, 0.2) is 0 Å². The van der Waals surface area contributed by atoms with Crippen molar-refractivity contribution in [3.05, 3.63) is 52.5 Å². The molecule has 1 fully saturated rings. The number of anilines is 1. The number of hydrogen-bond acceptors (Lipinski definition) is 6. The molecule has 1 saturated heterocycles. The molecule has 3 amide bonds. The van der Waals surface area contributed by atoms with Crippen LogP contribution in [0.15, 0.2) is 45.6 Å². The first-order valence-corrected chi connectivity index (χ1v) is 10.9. The third kappa shape index (κ3) is 5.24. The van der Waals surface area contributed by atoms with Crippen molar-refractivity contribution < 1.29 is 14.1 Å². The summed E-state index contributed by atoms with van der Waals surface area (Å²) in [5.41, 5.74) is 2.56. The van der Waals surface area contributed by atoms with E-state index in [1.165, 1.54) is 0 Å². The molecule has 3 heterocycles. The van der Waals surface area contributed by atoms with Crippen LogP contribution < -0.4 is 10.6 Å². The van der Waals surface area contributed by atoms with Gasteiger partial charge >= 0.3 is 6.03 Å². The molecule has 156 valence electrons. The van der Waals surface area contributed by atoms with E-state index in [4.69, 9.17) is 4.52 Å². The largest absolute Gasteiger partial charge is 0.352 e. The van der Waals surface area contributed by atoms with Crippen LogP contribution in [0.2, 0.25) is 0 Å². The minimum Gasteiger partial charge on any atom is -0.352 e. The molecule has 1 aromatic carbocycles. The summed E-state index contributed by atoms with van der Waals surface area (Å²) in [5.74, 6) is 0.884. The number of carbonyl (C=O) groups is 2. The fourth-order valence-corrected chi connectivity index (χ4v) is 3.89. The van der Waals surface area contributed by atoms with E-state index in [1.54, 1.807) is 11.3 Å². The molecule has 3 aromatic rings. The van der Waals surface area contributed by atoms with Crippen molar-refractivity contribution in [3.8, 4) is 11.4 Å². The highest BCUT2D eigenvalue weighted by Gasteiger charge is 2.17. The molecule has 1 aliphatic rings. The van der Waals surface area contributed by atoms with Gasteiger partial charge in [-0.1, -0.05) is 17.3 Å². The van der Waals surface area contributed by atoms with E-state index < -0.39 is 0 Å². The Morgan fingerprint density at radius 1 is 1.20 bits per heavy atom. The minimum atomic E-state index is -0.100. The van der Waals surface area contributed by atoms with Gasteiger partial charge in [0.05, 0.1) is 0 Å². The number of carbonyl (C=O) groups excluding carboxylic acids is 2. The molecule has 2 aromatic heterocycles. The molecule has 0 spiro atoms. The average molecular weight is 426 g/mol. The molecule has 0 saturated carbocycles. The van der Waals surface area contributed by atoms with E-state index in [1.807, 2.05) is 46.0 Å². The Morgan fingerprint density at radius 2 is 2.07 bits per heavy atom. The fourth-order valence-electron chi connectivity index (χ4n) is 3.26. The van der Waals surface area contributed by atoms with Crippen LogP contribution in [-0.4, -0.2) is 40.1 Å². The standard InChI is InChI=1S/C21H23N5O3S/c27-18(6-7-19-24-20(25-29-19)16-8-11-30-14-16)22-13-15-4-3-5-17(12-15)23-21(28)26-9-1-2-10-26/h3-5,8,11-12,14H,1-2,6-7,9-10,13H2,(H,22,27)(H,23,28). The van der Waals surface area contributed by atoms with Gasteiger partial charge in [0.2, 0.25) is 17.6 Å². The zero-order valence-corrected chi connectivity index (χ0v) is 17.3. The molecule has 2 N–H and O–H groups in total. The van der Waals surface area contributed by atoms with Gasteiger partial charge in [-0.3, -0.25) is 4.79 Å². The molecule has 8 nitrogen and oxygen atoms in total. The van der Waals surface area contributed by atoms with Gasteiger partial charge in [-0.15, -0.1) is 0 Å². The van der Waals surface area contributed by atoms with E-state index in [0.29, 0.717) is 24.7 Å². The van der Waals surface area contributed by atoms with Crippen molar-refractivity contribution in [2.75, 3.05) is 18.4 Å². The lowest BCUT2D eigenvalue weighted by Crippen LogP contribution is -2.32. The number of benzene rings is 1. The second kappa shape index (κ2) is 9.53. The van der Waals surface area contributed by atoms with Crippen molar-refractivity contribution in [1.82, 2.24) is 20.4 Å². The highest BCUT2D eigenvalue weighted by atomic mass is 32.1. The number of urea groups is 1. The molecular formula is C21H23N5O3S. The number of rotatable bonds is 7. The minimum absolute atomic E-state index is 0.0740. The highest BCUT2D eigenvalue weighted by Crippen LogP contribution is 2.19. The topological polar surface area (TPSA) is 100 Å². The van der Waals surface area contributed by atoms with Crippen LogP contribution in [-0.2, 0) is 17.8 Å². The summed E-state index contributed by atoms with van der Waals surface area (Å²) >= 11 is 1.57. The molecule has 9 heteroatoms. The predicted octanol–water partition coefficient (Wildman–Crippen LogP) is 3.67. The molecule has 0 bridgehead atoms. The van der Waals surface area contributed by atoms with Gasteiger partial charge in [-0.25, -0.2) is 4.79 Å². The lowest BCUT2D eigenvalue weighted by Gasteiger charge is -2.16. The van der Waals surface area contributed by atoms with Gasteiger partial charge in [-0.2, -0.15) is 16.3 Å². The Morgan fingerprint density at radius 3 is 2.87 bits per heavy atom. The Labute approximate surface area is 178 Å². The fraction of sp³-hybridized carbons (Fsp3) is 0.333. The molecule has 30 heavy (non-hydrogen) atoms. The number of aryl methyl sites for hydroxylation is 1. The maximum Gasteiger partial charge on any atom is 0.321 e. The molecule has 4 rings (SSSR count). The quantitative estimate of drug-likeness (QED) is 0.601. The number of amides is 3. The molecule has 0 radical (unpaired) electrons. The van der Waals surface area contributed by atoms with Crippen LogP contribution in [0.4, 0.5) is 10.5 Å². The van der Waals surface area contributed by atoms with Gasteiger partial charge in [0.25, 0.3) is 0 Å². The maximum atomic E-state index is 12.2. The third-order valence-electron chi connectivity index (χ3n) is 4.87. The van der Waals surface area contributed by atoms with Gasteiger partial charge in [0, 0.05) is 49.1 Å². The van der Waals surface area contributed by atoms with Crippen LogP contribution >= 0.6 is 11.3 Å². The summed E-state index contributed by atoms with van der Waals surface area (Å²) in [4.78, 5) is 30.5.